The van der Waals surface area contributed by atoms with Gasteiger partial charge in [0.2, 0.25) is 11.8 Å². The minimum absolute atomic E-state index is 0.148. The van der Waals surface area contributed by atoms with Crippen LogP contribution in [0.5, 0.6) is 0 Å². The summed E-state index contributed by atoms with van der Waals surface area (Å²) >= 11 is 0. The van der Waals surface area contributed by atoms with E-state index in [1.165, 1.54) is 28.3 Å². The van der Waals surface area contributed by atoms with E-state index in [1.807, 2.05) is 4.68 Å². The number of carbonyl (C=O) groups excluding carboxylic acids is 1. The van der Waals surface area contributed by atoms with Crippen LogP contribution in [0.2, 0.25) is 0 Å². The second-order valence-corrected chi connectivity index (χ2v) is 9.10. The van der Waals surface area contributed by atoms with Gasteiger partial charge >= 0.3 is 0 Å². The van der Waals surface area contributed by atoms with Gasteiger partial charge < -0.3 is 9.32 Å². The predicted molar refractivity (Wildman–Crippen MR) is 130 cm³/mol. The standard InChI is InChI=1S/C27H25N5O3/c1-17-23(33)13-14-31-25(17)27(34)30(15-24-29-28-18(2)35-24)16-32(31)26-21-9-5-3-7-19(21)11-12-20-8-4-6-10-22(20)26/h3-10,13-14,26H,11-12,15-16H2,1-2H3. The van der Waals surface area contributed by atoms with Gasteiger partial charge in [-0.2, -0.15) is 0 Å². The molecular formula is C27H25N5O3. The lowest BCUT2D eigenvalue weighted by Gasteiger charge is -2.44. The maximum atomic E-state index is 13.6. The fourth-order valence-corrected chi connectivity index (χ4v) is 5.26. The van der Waals surface area contributed by atoms with E-state index >= 15 is 0 Å². The first-order chi connectivity index (χ1) is 17.0. The number of nitrogens with zero attached hydrogens (tertiary/aromatic N) is 5. The summed E-state index contributed by atoms with van der Waals surface area (Å²) in [5.74, 6) is 0.574. The van der Waals surface area contributed by atoms with Gasteiger partial charge in [-0.15, -0.1) is 10.2 Å². The molecule has 2 aliphatic rings. The Hall–Kier alpha value is -4.20. The predicted octanol–water partition coefficient (Wildman–Crippen LogP) is 3.29. The molecule has 1 aliphatic heterocycles. The summed E-state index contributed by atoms with van der Waals surface area (Å²) < 4.78 is 7.45. The van der Waals surface area contributed by atoms with E-state index in [0.29, 0.717) is 29.7 Å². The van der Waals surface area contributed by atoms with Crippen LogP contribution in [0.1, 0.15) is 56.1 Å². The summed E-state index contributed by atoms with van der Waals surface area (Å²) in [6.45, 7) is 3.89. The highest BCUT2D eigenvalue weighted by Crippen LogP contribution is 2.37. The van der Waals surface area contributed by atoms with Crippen LogP contribution in [0, 0.1) is 13.8 Å². The van der Waals surface area contributed by atoms with Gasteiger partial charge in [0.15, 0.2) is 5.43 Å². The van der Waals surface area contributed by atoms with Gasteiger partial charge in [0.05, 0.1) is 6.04 Å². The molecule has 8 heteroatoms. The molecule has 1 amide bonds. The Morgan fingerprint density at radius 3 is 2.20 bits per heavy atom. The Labute approximate surface area is 202 Å². The van der Waals surface area contributed by atoms with E-state index in [1.54, 1.807) is 24.9 Å². The van der Waals surface area contributed by atoms with Gasteiger partial charge in [-0.1, -0.05) is 48.5 Å². The van der Waals surface area contributed by atoms with Crippen molar-refractivity contribution in [1.29, 1.82) is 0 Å². The molecule has 35 heavy (non-hydrogen) atoms. The summed E-state index contributed by atoms with van der Waals surface area (Å²) in [4.78, 5) is 27.9. The molecule has 3 heterocycles. The average Bonchev–Trinajstić information content (AvgIpc) is 3.20. The van der Waals surface area contributed by atoms with Crippen molar-refractivity contribution in [3.05, 3.63) is 116 Å². The molecule has 6 rings (SSSR count). The lowest BCUT2D eigenvalue weighted by atomic mass is 9.94. The van der Waals surface area contributed by atoms with E-state index in [9.17, 15) is 9.59 Å². The van der Waals surface area contributed by atoms with Crippen molar-refractivity contribution in [1.82, 2.24) is 19.8 Å². The molecule has 0 radical (unpaired) electrons. The number of aryl methyl sites for hydroxylation is 3. The summed E-state index contributed by atoms with van der Waals surface area (Å²) in [6, 6.07) is 18.3. The van der Waals surface area contributed by atoms with Crippen LogP contribution >= 0.6 is 0 Å². The highest BCUT2D eigenvalue weighted by Gasteiger charge is 2.38. The van der Waals surface area contributed by atoms with Crippen LogP contribution in [0.25, 0.3) is 0 Å². The number of pyridine rings is 1. The molecule has 0 bridgehead atoms. The minimum atomic E-state index is -0.234. The lowest BCUT2D eigenvalue weighted by Crippen LogP contribution is -2.55. The van der Waals surface area contributed by atoms with Crippen LogP contribution in [0.15, 0.2) is 70.0 Å². The van der Waals surface area contributed by atoms with E-state index in [0.717, 1.165) is 12.8 Å². The van der Waals surface area contributed by atoms with Crippen molar-refractivity contribution in [3.63, 3.8) is 0 Å². The second-order valence-electron chi connectivity index (χ2n) is 9.10. The quantitative estimate of drug-likeness (QED) is 0.460. The number of rotatable bonds is 3. The molecule has 176 valence electrons. The highest BCUT2D eigenvalue weighted by atomic mass is 16.4. The first-order valence-corrected chi connectivity index (χ1v) is 11.7. The smallest absolute Gasteiger partial charge is 0.274 e. The molecule has 0 saturated carbocycles. The van der Waals surface area contributed by atoms with Gasteiger partial charge in [0.1, 0.15) is 18.9 Å². The van der Waals surface area contributed by atoms with Crippen LogP contribution in [0.4, 0.5) is 0 Å². The average molecular weight is 468 g/mol. The molecule has 0 fully saturated rings. The van der Waals surface area contributed by atoms with Crippen molar-refractivity contribution in [2.75, 3.05) is 11.7 Å². The third-order valence-corrected chi connectivity index (χ3v) is 6.96. The van der Waals surface area contributed by atoms with E-state index in [-0.39, 0.29) is 23.9 Å². The third-order valence-electron chi connectivity index (χ3n) is 6.96. The van der Waals surface area contributed by atoms with Crippen LogP contribution in [0.3, 0.4) is 0 Å². The Morgan fingerprint density at radius 1 is 0.914 bits per heavy atom. The second kappa shape index (κ2) is 8.23. The van der Waals surface area contributed by atoms with Crippen molar-refractivity contribution < 1.29 is 9.21 Å². The van der Waals surface area contributed by atoms with E-state index in [4.69, 9.17) is 4.42 Å². The number of benzene rings is 2. The Kier molecular flexibility index (Phi) is 5.02. The maximum absolute atomic E-state index is 13.6. The normalized spacial score (nSPS) is 15.4. The summed E-state index contributed by atoms with van der Waals surface area (Å²) in [5.41, 5.74) is 5.57. The number of fused-ring (bicyclic) bond motifs is 3. The highest BCUT2D eigenvalue weighted by molar-refractivity contribution is 5.95. The zero-order chi connectivity index (χ0) is 24.1. The fourth-order valence-electron chi connectivity index (χ4n) is 5.26. The van der Waals surface area contributed by atoms with Gasteiger partial charge in [-0.3, -0.25) is 19.3 Å². The Morgan fingerprint density at radius 2 is 1.57 bits per heavy atom. The van der Waals surface area contributed by atoms with Gasteiger partial charge in [0, 0.05) is 24.8 Å². The summed E-state index contributed by atoms with van der Waals surface area (Å²) in [7, 11) is 0. The number of hydrogen-bond acceptors (Lipinski definition) is 6. The first-order valence-electron chi connectivity index (χ1n) is 11.7. The largest absolute Gasteiger partial charge is 0.424 e. The van der Waals surface area contributed by atoms with Crippen LogP contribution in [-0.2, 0) is 19.4 Å². The van der Waals surface area contributed by atoms with E-state index in [2.05, 4.69) is 63.7 Å². The molecule has 1 aliphatic carbocycles. The fraction of sp³-hybridized carbons (Fsp3) is 0.259. The summed E-state index contributed by atoms with van der Waals surface area (Å²) in [5, 5.41) is 10.2. The number of hydrogen-bond donors (Lipinski definition) is 0. The Balaban J connectivity index is 1.55. The monoisotopic (exact) mass is 467 g/mol. The Bertz CT molecular complexity index is 1460. The van der Waals surface area contributed by atoms with Crippen LogP contribution < -0.4 is 10.4 Å². The van der Waals surface area contributed by atoms with Crippen molar-refractivity contribution in [2.45, 2.75) is 39.3 Å². The van der Waals surface area contributed by atoms with E-state index < -0.39 is 0 Å². The molecule has 0 atom stereocenters. The number of aromatic nitrogens is 3. The zero-order valence-electron chi connectivity index (χ0n) is 19.6. The molecule has 0 N–H and O–H groups in total. The zero-order valence-corrected chi connectivity index (χ0v) is 19.6. The van der Waals surface area contributed by atoms with Crippen molar-refractivity contribution in [3.8, 4) is 0 Å². The lowest BCUT2D eigenvalue weighted by molar-refractivity contribution is 0.0651. The van der Waals surface area contributed by atoms with Gasteiger partial charge in [-0.25, -0.2) is 0 Å². The molecule has 8 nitrogen and oxygen atoms in total. The topological polar surface area (TPSA) is 84.5 Å². The molecule has 0 spiro atoms. The number of carbonyl (C=O) groups is 1. The van der Waals surface area contributed by atoms with Gasteiger partial charge in [0.25, 0.3) is 5.91 Å². The maximum Gasteiger partial charge on any atom is 0.274 e. The first kappa shape index (κ1) is 21.3. The van der Waals surface area contributed by atoms with Crippen molar-refractivity contribution >= 4 is 5.91 Å². The molecule has 0 unspecified atom stereocenters. The molecule has 0 saturated heterocycles. The molecule has 2 aromatic carbocycles. The minimum Gasteiger partial charge on any atom is -0.424 e. The number of amides is 1. The molecular weight excluding hydrogens is 442 g/mol. The molecule has 2 aromatic heterocycles. The van der Waals surface area contributed by atoms with Gasteiger partial charge in [-0.05, 0) is 42.0 Å². The van der Waals surface area contributed by atoms with Crippen LogP contribution in [-0.4, -0.2) is 32.3 Å². The third kappa shape index (κ3) is 3.53. The SMILES string of the molecule is Cc1nnc(CN2CN(C3c4ccccc4CCc4ccccc43)n3ccc(=O)c(C)c3C2=O)o1. The van der Waals surface area contributed by atoms with Crippen molar-refractivity contribution in [2.24, 2.45) is 0 Å². The molecule has 4 aromatic rings. The summed E-state index contributed by atoms with van der Waals surface area (Å²) in [6.07, 6.45) is 3.60.